The van der Waals surface area contributed by atoms with E-state index in [1.165, 1.54) is 77.0 Å². The molecule has 0 aromatic rings. The van der Waals surface area contributed by atoms with Gasteiger partial charge in [0.05, 0.1) is 39.9 Å². The SMILES string of the molecule is CC/C=C\C/C=C\C/C=C\C/C=C\CCCCCCC(=O)NC(COP(=O)([O-])OCC[N+](C)(C)C)C(O)CCCCCCCCCCCCCCCCC. The van der Waals surface area contributed by atoms with Crippen molar-refractivity contribution in [1.29, 1.82) is 0 Å². The number of hydrogen-bond donors (Lipinski definition) is 2. The number of nitrogens with zero attached hydrogens (tertiary/aromatic N) is 1. The molecule has 3 unspecified atom stereocenters. The number of unbranched alkanes of at least 4 members (excludes halogenated alkanes) is 18. The largest absolute Gasteiger partial charge is 0.756 e. The normalized spacial score (nSPS) is 14.9. The molecular formula is C45H85N2O6P. The van der Waals surface area contributed by atoms with Crippen LogP contribution in [0.1, 0.15) is 181 Å². The molecule has 0 aromatic carbocycles. The fourth-order valence-corrected chi connectivity index (χ4v) is 6.81. The average molecular weight is 781 g/mol. The molecule has 0 aliphatic carbocycles. The second kappa shape index (κ2) is 37.1. The number of likely N-dealkylation sites (N-methyl/N-ethyl adjacent to an activating group) is 1. The van der Waals surface area contributed by atoms with Crippen LogP contribution < -0.4 is 10.2 Å². The van der Waals surface area contributed by atoms with E-state index in [0.717, 1.165) is 77.0 Å². The molecule has 3 atom stereocenters. The van der Waals surface area contributed by atoms with E-state index < -0.39 is 20.0 Å². The number of rotatable bonds is 39. The number of hydrogen-bond acceptors (Lipinski definition) is 6. The zero-order valence-corrected chi connectivity index (χ0v) is 36.6. The topological polar surface area (TPSA) is 108 Å². The molecular weight excluding hydrogens is 695 g/mol. The zero-order valence-electron chi connectivity index (χ0n) is 35.7. The molecule has 0 heterocycles. The van der Waals surface area contributed by atoms with Crippen molar-refractivity contribution in [3.8, 4) is 0 Å². The predicted octanol–water partition coefficient (Wildman–Crippen LogP) is 11.4. The summed E-state index contributed by atoms with van der Waals surface area (Å²) >= 11 is 0. The molecule has 0 saturated carbocycles. The number of carbonyl (C=O) groups excluding carboxylic acids is 1. The minimum absolute atomic E-state index is 0.00522. The lowest BCUT2D eigenvalue weighted by atomic mass is 10.0. The summed E-state index contributed by atoms with van der Waals surface area (Å²) < 4.78 is 23.2. The van der Waals surface area contributed by atoms with Gasteiger partial charge in [-0.25, -0.2) is 0 Å². The summed E-state index contributed by atoms with van der Waals surface area (Å²) in [6.45, 7) is 4.57. The van der Waals surface area contributed by atoms with Gasteiger partial charge in [0.15, 0.2) is 0 Å². The second-order valence-electron chi connectivity index (χ2n) is 16.0. The Morgan fingerprint density at radius 3 is 1.65 bits per heavy atom. The second-order valence-corrected chi connectivity index (χ2v) is 17.4. The predicted molar refractivity (Wildman–Crippen MR) is 228 cm³/mol. The van der Waals surface area contributed by atoms with E-state index in [1.807, 2.05) is 21.1 Å². The van der Waals surface area contributed by atoms with Gasteiger partial charge in [-0.05, 0) is 51.4 Å². The van der Waals surface area contributed by atoms with Crippen molar-refractivity contribution in [1.82, 2.24) is 5.32 Å². The molecule has 0 aliphatic heterocycles. The summed E-state index contributed by atoms with van der Waals surface area (Å²) in [6, 6.07) is -0.813. The van der Waals surface area contributed by atoms with Crippen LogP contribution in [-0.2, 0) is 18.4 Å². The number of nitrogens with one attached hydrogen (secondary N) is 1. The quantitative estimate of drug-likeness (QED) is 0.0278. The van der Waals surface area contributed by atoms with Gasteiger partial charge in [-0.3, -0.25) is 9.36 Å². The highest BCUT2D eigenvalue weighted by Gasteiger charge is 2.24. The van der Waals surface area contributed by atoms with Crippen molar-refractivity contribution in [3.63, 3.8) is 0 Å². The molecule has 316 valence electrons. The zero-order chi connectivity index (χ0) is 40.0. The summed E-state index contributed by atoms with van der Waals surface area (Å²) in [5, 5.41) is 13.9. The van der Waals surface area contributed by atoms with Gasteiger partial charge in [0.1, 0.15) is 13.2 Å². The van der Waals surface area contributed by atoms with Crippen LogP contribution in [0.5, 0.6) is 0 Å². The Labute approximate surface area is 333 Å². The van der Waals surface area contributed by atoms with E-state index in [-0.39, 0.29) is 19.1 Å². The van der Waals surface area contributed by atoms with Gasteiger partial charge in [-0.15, -0.1) is 0 Å². The molecule has 2 N–H and O–H groups in total. The smallest absolute Gasteiger partial charge is 0.268 e. The van der Waals surface area contributed by atoms with Crippen LogP contribution in [0.3, 0.4) is 0 Å². The first-order chi connectivity index (χ1) is 26.0. The molecule has 0 radical (unpaired) electrons. The van der Waals surface area contributed by atoms with Gasteiger partial charge in [-0.2, -0.15) is 0 Å². The van der Waals surface area contributed by atoms with Crippen LogP contribution in [0.25, 0.3) is 0 Å². The maximum atomic E-state index is 12.9. The fourth-order valence-electron chi connectivity index (χ4n) is 6.09. The number of aliphatic hydroxyl groups is 1. The lowest BCUT2D eigenvalue weighted by Gasteiger charge is -2.30. The number of aliphatic hydroxyl groups excluding tert-OH is 1. The Kier molecular flexibility index (Phi) is 36.0. The molecule has 1 amide bonds. The van der Waals surface area contributed by atoms with Crippen LogP contribution in [0.4, 0.5) is 0 Å². The van der Waals surface area contributed by atoms with Gasteiger partial charge in [0.2, 0.25) is 5.91 Å². The minimum atomic E-state index is -4.57. The maximum absolute atomic E-state index is 12.9. The van der Waals surface area contributed by atoms with Crippen LogP contribution in [0.15, 0.2) is 48.6 Å². The number of phosphoric acid groups is 1. The summed E-state index contributed by atoms with van der Waals surface area (Å²) in [4.78, 5) is 25.3. The molecule has 0 bridgehead atoms. The number of carbonyl (C=O) groups is 1. The van der Waals surface area contributed by atoms with Crippen LogP contribution in [-0.4, -0.2) is 68.5 Å². The Balaban J connectivity index is 4.44. The van der Waals surface area contributed by atoms with Crippen LogP contribution >= 0.6 is 7.82 Å². The highest BCUT2D eigenvalue weighted by atomic mass is 31.2. The average Bonchev–Trinajstić information content (AvgIpc) is 3.12. The molecule has 0 saturated heterocycles. The molecule has 0 aromatic heterocycles. The number of allylic oxidation sites excluding steroid dienone is 8. The van der Waals surface area contributed by atoms with Crippen LogP contribution in [0, 0.1) is 0 Å². The Morgan fingerprint density at radius 2 is 1.13 bits per heavy atom. The molecule has 0 fully saturated rings. The van der Waals surface area contributed by atoms with Gasteiger partial charge in [-0.1, -0.05) is 172 Å². The number of quaternary nitrogens is 1. The number of phosphoric ester groups is 1. The summed E-state index contributed by atoms with van der Waals surface area (Å²) in [6.07, 6.45) is 45.4. The van der Waals surface area contributed by atoms with E-state index in [1.54, 1.807) is 0 Å². The van der Waals surface area contributed by atoms with Crippen molar-refractivity contribution in [3.05, 3.63) is 48.6 Å². The highest BCUT2D eigenvalue weighted by molar-refractivity contribution is 7.45. The fraction of sp³-hybridized carbons (Fsp3) is 0.800. The minimum Gasteiger partial charge on any atom is -0.756 e. The Hall–Kier alpha value is -1.54. The molecule has 8 nitrogen and oxygen atoms in total. The van der Waals surface area contributed by atoms with E-state index in [0.29, 0.717) is 23.9 Å². The lowest BCUT2D eigenvalue weighted by Crippen LogP contribution is -2.46. The molecule has 54 heavy (non-hydrogen) atoms. The van der Waals surface area contributed by atoms with Crippen molar-refractivity contribution >= 4 is 13.7 Å². The third-order valence-corrected chi connectivity index (χ3v) is 10.5. The molecule has 9 heteroatoms. The highest BCUT2D eigenvalue weighted by Crippen LogP contribution is 2.38. The third-order valence-electron chi connectivity index (χ3n) is 9.58. The standard InChI is InChI=1S/C45H85N2O6P/c1-6-8-10-12-14-16-18-20-22-23-25-27-29-31-33-35-37-39-45(49)46-43(42-53-54(50,51)52-41-40-47(3,4)5)44(48)38-36-34-32-30-28-26-24-21-19-17-15-13-11-9-7-2/h8,10,14,16,20,22,25,27,43-44,48H,6-7,9,11-13,15,17-19,21,23-24,26,28-42H2,1-5H3,(H-,46,49,50,51)/b10-8-,16-14-,22-20-,27-25-. The summed E-state index contributed by atoms with van der Waals surface area (Å²) in [5.41, 5.74) is 0. The van der Waals surface area contributed by atoms with E-state index in [9.17, 15) is 19.4 Å². The molecule has 0 spiro atoms. The summed E-state index contributed by atoms with van der Waals surface area (Å²) in [7, 11) is 1.28. The van der Waals surface area contributed by atoms with Crippen molar-refractivity contribution < 1.29 is 32.9 Å². The third kappa shape index (κ3) is 38.7. The number of amides is 1. The Bertz CT molecular complexity index is 1020. The summed E-state index contributed by atoms with van der Waals surface area (Å²) in [5.74, 6) is -0.190. The van der Waals surface area contributed by atoms with Gasteiger partial charge >= 0.3 is 0 Å². The van der Waals surface area contributed by atoms with Crippen molar-refractivity contribution in [2.75, 3.05) is 40.9 Å². The van der Waals surface area contributed by atoms with E-state index >= 15 is 0 Å². The lowest BCUT2D eigenvalue weighted by molar-refractivity contribution is -0.870. The van der Waals surface area contributed by atoms with E-state index in [4.69, 9.17) is 9.05 Å². The molecule has 0 aliphatic rings. The first-order valence-electron chi connectivity index (χ1n) is 22.0. The first-order valence-corrected chi connectivity index (χ1v) is 23.4. The van der Waals surface area contributed by atoms with Gasteiger partial charge in [0, 0.05) is 6.42 Å². The monoisotopic (exact) mass is 781 g/mol. The molecule has 0 rings (SSSR count). The van der Waals surface area contributed by atoms with E-state index in [2.05, 4.69) is 67.8 Å². The maximum Gasteiger partial charge on any atom is 0.268 e. The van der Waals surface area contributed by atoms with Crippen LogP contribution in [0.2, 0.25) is 0 Å². The van der Waals surface area contributed by atoms with Gasteiger partial charge in [0.25, 0.3) is 7.82 Å². The van der Waals surface area contributed by atoms with Gasteiger partial charge < -0.3 is 28.8 Å². The van der Waals surface area contributed by atoms with Crippen molar-refractivity contribution in [2.45, 2.75) is 193 Å². The van der Waals surface area contributed by atoms with Crippen molar-refractivity contribution in [2.24, 2.45) is 0 Å². The first kappa shape index (κ1) is 52.5. The Morgan fingerprint density at radius 1 is 0.667 bits per heavy atom.